The number of rotatable bonds is 5. The molecule has 19 heavy (non-hydrogen) atoms. The van der Waals surface area contributed by atoms with Gasteiger partial charge in [-0.1, -0.05) is 0 Å². The third kappa shape index (κ3) is 6.47. The van der Waals surface area contributed by atoms with E-state index in [9.17, 15) is 13.2 Å². The molecule has 0 aliphatic carbocycles. The lowest BCUT2D eigenvalue weighted by molar-refractivity contribution is -0.144. The second-order valence-corrected chi connectivity index (χ2v) is 4.12. The molecule has 114 valence electrons. The highest BCUT2D eigenvalue weighted by molar-refractivity contribution is 5.85. The van der Waals surface area contributed by atoms with E-state index in [2.05, 4.69) is 10.4 Å². The predicted octanol–water partition coefficient (Wildman–Crippen LogP) is 1.93. The minimum Gasteiger partial charge on any atom is -0.311 e. The zero-order chi connectivity index (χ0) is 13.1. The summed E-state index contributed by atoms with van der Waals surface area (Å²) in [5, 5.41) is 6.61. The first-order valence-electron chi connectivity index (χ1n) is 5.26. The summed E-state index contributed by atoms with van der Waals surface area (Å²) in [7, 11) is 5.12. The number of nitrogens with one attached hydrogen (secondary N) is 1. The van der Waals surface area contributed by atoms with Crippen LogP contribution in [0.4, 0.5) is 13.2 Å². The van der Waals surface area contributed by atoms with E-state index in [1.807, 2.05) is 19.0 Å². The van der Waals surface area contributed by atoms with E-state index in [0.717, 1.165) is 11.2 Å². The van der Waals surface area contributed by atoms with Gasteiger partial charge in [0.1, 0.15) is 5.69 Å². The molecular weight excluding hydrogens is 304 g/mol. The Labute approximate surface area is 123 Å². The van der Waals surface area contributed by atoms with Gasteiger partial charge in [0.25, 0.3) is 0 Å². The maximum absolute atomic E-state index is 12.7. The van der Waals surface area contributed by atoms with Crippen LogP contribution < -0.4 is 5.32 Å². The van der Waals surface area contributed by atoms with E-state index in [1.165, 1.54) is 13.2 Å². The topological polar surface area (TPSA) is 33.1 Å². The first-order valence-corrected chi connectivity index (χ1v) is 5.26. The van der Waals surface area contributed by atoms with Crippen molar-refractivity contribution in [3.8, 4) is 0 Å². The van der Waals surface area contributed by atoms with Crippen LogP contribution in [0.3, 0.4) is 0 Å². The first-order chi connectivity index (χ1) is 7.82. The SMILES string of the molecule is CN(C)CCNCc1cnn(C)c1C(F)(F)F.Cl.Cl. The highest BCUT2D eigenvalue weighted by Crippen LogP contribution is 2.31. The van der Waals surface area contributed by atoms with Crippen molar-refractivity contribution in [2.24, 2.45) is 7.05 Å². The molecule has 0 bridgehead atoms. The van der Waals surface area contributed by atoms with Crippen LogP contribution in [0.2, 0.25) is 0 Å². The van der Waals surface area contributed by atoms with Crippen molar-refractivity contribution in [2.75, 3.05) is 27.2 Å². The molecule has 0 saturated carbocycles. The van der Waals surface area contributed by atoms with Gasteiger partial charge in [0, 0.05) is 32.2 Å². The fourth-order valence-corrected chi connectivity index (χ4v) is 1.50. The molecule has 1 N–H and O–H groups in total. The minimum atomic E-state index is -4.36. The summed E-state index contributed by atoms with van der Waals surface area (Å²) < 4.78 is 38.9. The van der Waals surface area contributed by atoms with Crippen molar-refractivity contribution in [1.82, 2.24) is 20.0 Å². The highest BCUT2D eigenvalue weighted by Gasteiger charge is 2.36. The van der Waals surface area contributed by atoms with Gasteiger partial charge in [-0.15, -0.1) is 24.8 Å². The van der Waals surface area contributed by atoms with Crippen molar-refractivity contribution in [3.63, 3.8) is 0 Å². The van der Waals surface area contributed by atoms with E-state index in [-0.39, 0.29) is 36.9 Å². The van der Waals surface area contributed by atoms with Crippen LogP contribution >= 0.6 is 24.8 Å². The maximum atomic E-state index is 12.7. The summed E-state index contributed by atoms with van der Waals surface area (Å²) in [6.45, 7) is 1.59. The first kappa shape index (κ1) is 20.8. The summed E-state index contributed by atoms with van der Waals surface area (Å²) >= 11 is 0. The van der Waals surface area contributed by atoms with Crippen molar-refractivity contribution < 1.29 is 13.2 Å². The molecule has 0 atom stereocenters. The Morgan fingerprint density at radius 3 is 2.37 bits per heavy atom. The molecule has 9 heteroatoms. The summed E-state index contributed by atoms with van der Waals surface area (Å²) in [6, 6.07) is 0. The van der Waals surface area contributed by atoms with Gasteiger partial charge in [0.15, 0.2) is 0 Å². The third-order valence-corrected chi connectivity index (χ3v) is 2.33. The molecule has 0 aromatic carbocycles. The van der Waals surface area contributed by atoms with Gasteiger partial charge >= 0.3 is 6.18 Å². The Kier molecular flexibility index (Phi) is 9.45. The normalized spacial score (nSPS) is 11.1. The molecule has 1 heterocycles. The molecule has 1 aromatic heterocycles. The van der Waals surface area contributed by atoms with Crippen molar-refractivity contribution >= 4 is 24.8 Å². The molecule has 1 aromatic rings. The number of aromatic nitrogens is 2. The van der Waals surface area contributed by atoms with E-state index < -0.39 is 11.9 Å². The van der Waals surface area contributed by atoms with E-state index in [4.69, 9.17) is 0 Å². The lowest BCUT2D eigenvalue weighted by atomic mass is 10.2. The average molecular weight is 323 g/mol. The molecule has 0 saturated heterocycles. The second-order valence-electron chi connectivity index (χ2n) is 4.12. The summed E-state index contributed by atoms with van der Waals surface area (Å²) in [6.07, 6.45) is -3.10. The Morgan fingerprint density at radius 1 is 1.32 bits per heavy atom. The molecule has 0 unspecified atom stereocenters. The van der Waals surface area contributed by atoms with Gasteiger partial charge in [0.2, 0.25) is 0 Å². The van der Waals surface area contributed by atoms with E-state index in [0.29, 0.717) is 6.54 Å². The van der Waals surface area contributed by atoms with Gasteiger partial charge in [-0.05, 0) is 14.1 Å². The molecule has 0 aliphatic rings. The Bertz CT molecular complexity index is 366. The van der Waals surface area contributed by atoms with Crippen LogP contribution in [0.5, 0.6) is 0 Å². The van der Waals surface area contributed by atoms with E-state index in [1.54, 1.807) is 0 Å². The summed E-state index contributed by atoms with van der Waals surface area (Å²) in [5.41, 5.74) is -0.506. The van der Waals surface area contributed by atoms with Crippen LogP contribution in [0.15, 0.2) is 6.20 Å². The monoisotopic (exact) mass is 322 g/mol. The summed E-state index contributed by atoms with van der Waals surface area (Å²) in [4.78, 5) is 1.96. The maximum Gasteiger partial charge on any atom is 0.433 e. The zero-order valence-electron chi connectivity index (χ0n) is 11.0. The number of halogens is 5. The standard InChI is InChI=1S/C10H17F3N4.2ClH/c1-16(2)5-4-14-6-8-7-15-17(3)9(8)10(11,12)13;;/h7,14H,4-6H2,1-3H3;2*1H. The van der Waals surface area contributed by atoms with Crippen LogP contribution in [0, 0.1) is 0 Å². The lowest BCUT2D eigenvalue weighted by Gasteiger charge is -2.12. The molecular formula is C10H19Cl2F3N4. The molecule has 1 rings (SSSR count). The summed E-state index contributed by atoms with van der Waals surface area (Å²) in [5.74, 6) is 0. The molecule has 0 aliphatic heterocycles. The van der Waals surface area contributed by atoms with Crippen LogP contribution in [-0.4, -0.2) is 41.9 Å². The zero-order valence-corrected chi connectivity index (χ0v) is 12.6. The number of alkyl halides is 3. The van der Waals surface area contributed by atoms with Crippen molar-refractivity contribution in [1.29, 1.82) is 0 Å². The number of hydrogen-bond donors (Lipinski definition) is 1. The number of likely N-dealkylation sites (N-methyl/N-ethyl adjacent to an activating group) is 1. The quantitative estimate of drug-likeness (QED) is 0.841. The minimum absolute atomic E-state index is 0. The number of aryl methyl sites for hydroxylation is 1. The Morgan fingerprint density at radius 2 is 1.89 bits per heavy atom. The Hall–Kier alpha value is -0.500. The Balaban J connectivity index is 0. The van der Waals surface area contributed by atoms with Crippen LogP contribution in [-0.2, 0) is 19.8 Å². The molecule has 0 amide bonds. The van der Waals surface area contributed by atoms with Gasteiger partial charge in [-0.2, -0.15) is 18.3 Å². The van der Waals surface area contributed by atoms with Gasteiger partial charge in [0.05, 0.1) is 6.20 Å². The fraction of sp³-hybridized carbons (Fsp3) is 0.700. The fourth-order valence-electron chi connectivity index (χ4n) is 1.50. The van der Waals surface area contributed by atoms with Gasteiger partial charge in [-0.25, -0.2) is 0 Å². The van der Waals surface area contributed by atoms with Gasteiger partial charge < -0.3 is 10.2 Å². The molecule has 4 nitrogen and oxygen atoms in total. The van der Waals surface area contributed by atoms with Crippen LogP contribution in [0.1, 0.15) is 11.3 Å². The molecule has 0 spiro atoms. The lowest BCUT2D eigenvalue weighted by Crippen LogP contribution is -2.27. The third-order valence-electron chi connectivity index (χ3n) is 2.33. The number of hydrogen-bond acceptors (Lipinski definition) is 3. The predicted molar refractivity (Wildman–Crippen MR) is 73.0 cm³/mol. The number of nitrogens with zero attached hydrogens (tertiary/aromatic N) is 3. The largest absolute Gasteiger partial charge is 0.433 e. The van der Waals surface area contributed by atoms with Crippen molar-refractivity contribution in [2.45, 2.75) is 12.7 Å². The van der Waals surface area contributed by atoms with E-state index >= 15 is 0 Å². The smallest absolute Gasteiger partial charge is 0.311 e. The second kappa shape index (κ2) is 8.63. The highest BCUT2D eigenvalue weighted by atomic mass is 35.5. The molecule has 0 fully saturated rings. The van der Waals surface area contributed by atoms with Gasteiger partial charge in [-0.3, -0.25) is 4.68 Å². The van der Waals surface area contributed by atoms with Crippen molar-refractivity contribution in [3.05, 3.63) is 17.5 Å². The average Bonchev–Trinajstić information content (AvgIpc) is 2.53. The molecule has 0 radical (unpaired) electrons. The van der Waals surface area contributed by atoms with Crippen LogP contribution in [0.25, 0.3) is 0 Å².